The normalized spacial score (nSPS) is 18.6. The summed E-state index contributed by atoms with van der Waals surface area (Å²) in [6, 6.07) is 24.5. The van der Waals surface area contributed by atoms with Crippen LogP contribution >= 0.6 is 11.3 Å². The van der Waals surface area contributed by atoms with Crippen molar-refractivity contribution in [1.82, 2.24) is 24.7 Å². The molecular formula is C44H34N7OS+. The van der Waals surface area contributed by atoms with Crippen molar-refractivity contribution in [2.24, 2.45) is 5.92 Å². The number of aromatic nitrogens is 5. The van der Waals surface area contributed by atoms with Crippen molar-refractivity contribution in [2.45, 2.75) is 32.1 Å². The monoisotopic (exact) mass is 708 g/mol. The van der Waals surface area contributed by atoms with Crippen molar-refractivity contribution < 1.29 is 9.83 Å². The first kappa shape index (κ1) is 31.4. The fourth-order valence-electron chi connectivity index (χ4n) is 8.37. The molecule has 10 rings (SSSR count). The fourth-order valence-corrected chi connectivity index (χ4v) is 9.66. The lowest BCUT2D eigenvalue weighted by molar-refractivity contribution is -0.117. The van der Waals surface area contributed by atoms with E-state index in [0.29, 0.717) is 28.7 Å². The number of pyridine rings is 2. The lowest BCUT2D eigenvalue weighted by Gasteiger charge is -2.36. The van der Waals surface area contributed by atoms with Gasteiger partial charge < -0.3 is 9.83 Å². The molecule has 0 radical (unpaired) electrons. The molecule has 3 N–H and O–H groups in total. The van der Waals surface area contributed by atoms with Crippen molar-refractivity contribution in [3.63, 3.8) is 0 Å². The Labute approximate surface area is 308 Å². The molecule has 0 bridgehead atoms. The van der Waals surface area contributed by atoms with Crippen LogP contribution in [0.5, 0.6) is 0 Å². The summed E-state index contributed by atoms with van der Waals surface area (Å²) in [7, 11) is 0. The Morgan fingerprint density at radius 3 is 2.64 bits per heavy atom. The number of para-hydroxylation sites is 1. The molecule has 53 heavy (non-hydrogen) atoms. The average molecular weight is 709 g/mol. The fraction of sp³-hybridized carbons (Fsp3) is 0.136. The molecule has 0 spiro atoms. The predicted molar refractivity (Wildman–Crippen MR) is 213 cm³/mol. The molecular weight excluding hydrogens is 675 g/mol. The lowest BCUT2D eigenvalue weighted by Crippen LogP contribution is -2.45. The van der Waals surface area contributed by atoms with E-state index in [9.17, 15) is 0 Å². The minimum Gasteiger partial charge on any atom is -0.447 e. The summed E-state index contributed by atoms with van der Waals surface area (Å²) in [5.41, 5.74) is 10.5. The standard InChI is InChI=1S/C44H33N7OS/c1-25-12-14-28(30(18-25)35-9-5-6-16-47-35)26-19-32-34-23-49-50-24-39(34)53-42(32)44(2,21-26)27-13-15-38-31(20-27)33(22-45)41(52-38)43(46)51-36-10-4-3-8-29(36)40-37(51)11-7-17-48-40/h3-11,13-20,22-25,45-46H,12,21H2,1-2H3/p+1. The zero-order valence-corrected chi connectivity index (χ0v) is 30.0. The molecule has 0 saturated heterocycles. The Kier molecular flexibility index (Phi) is 7.03. The van der Waals surface area contributed by atoms with Crippen LogP contribution in [0.3, 0.4) is 0 Å². The van der Waals surface area contributed by atoms with Crippen LogP contribution in [0.25, 0.3) is 54.6 Å². The van der Waals surface area contributed by atoms with Crippen molar-refractivity contribution >= 4 is 78.0 Å². The Bertz CT molecular complexity index is 2870. The lowest BCUT2D eigenvalue weighted by atomic mass is 9.68. The highest BCUT2D eigenvalue weighted by molar-refractivity contribution is 7.19. The van der Waals surface area contributed by atoms with Crippen LogP contribution in [0.2, 0.25) is 0 Å². The Hall–Kier alpha value is -6.32. The van der Waals surface area contributed by atoms with Crippen LogP contribution in [-0.4, -0.2) is 36.8 Å². The number of furan rings is 1. The number of rotatable bonds is 5. The molecule has 8 aromatic rings. The van der Waals surface area contributed by atoms with Gasteiger partial charge in [-0.3, -0.25) is 15.4 Å². The number of hydrogen-bond donors (Lipinski definition) is 2. The van der Waals surface area contributed by atoms with E-state index >= 15 is 0 Å². The molecule has 2 aliphatic rings. The number of hydrogen-bond acceptors (Lipinski definition) is 7. The minimum absolute atomic E-state index is 0.411. The van der Waals surface area contributed by atoms with Crippen molar-refractivity contribution in [3.8, 4) is 0 Å². The second kappa shape index (κ2) is 11.9. The highest BCUT2D eigenvalue weighted by Crippen LogP contribution is 2.53. The maximum absolute atomic E-state index is 8.65. The van der Waals surface area contributed by atoms with Crippen LogP contribution in [0.1, 0.15) is 59.7 Å². The van der Waals surface area contributed by atoms with Crippen molar-refractivity contribution in [2.75, 3.05) is 0 Å². The number of thiophene rings is 1. The summed E-state index contributed by atoms with van der Waals surface area (Å²) in [5.74, 6) is 1.28. The van der Waals surface area contributed by atoms with Crippen LogP contribution in [0.15, 0.2) is 125 Å². The number of fused-ring (bicyclic) bond motifs is 7. The Morgan fingerprint density at radius 2 is 1.77 bits per heavy atom. The SMILES string of the molecule is CC1C=C(c2ccccn2)C(C2=Cc3c(sc4cnncc34)C(C)(c3ccc4oc(C(=[NH2+])n5c6ccccc6c6ncccc65)c(C=N)c4c3)C2)=CC1. The predicted octanol–water partition coefficient (Wildman–Crippen LogP) is 8.53. The van der Waals surface area contributed by atoms with E-state index in [-0.39, 0.29) is 0 Å². The largest absolute Gasteiger partial charge is 0.447 e. The number of nitrogens with one attached hydrogen (secondary N) is 1. The van der Waals surface area contributed by atoms with Crippen molar-refractivity contribution in [1.29, 1.82) is 5.41 Å². The molecule has 0 saturated carbocycles. The van der Waals surface area contributed by atoms with Gasteiger partial charge in [-0.2, -0.15) is 14.8 Å². The summed E-state index contributed by atoms with van der Waals surface area (Å²) in [4.78, 5) is 10.7. The van der Waals surface area contributed by atoms with Gasteiger partial charge in [0.1, 0.15) is 16.6 Å². The van der Waals surface area contributed by atoms with E-state index in [0.717, 1.165) is 61.5 Å². The first-order valence-corrected chi connectivity index (χ1v) is 18.6. The van der Waals surface area contributed by atoms with E-state index in [1.54, 1.807) is 17.5 Å². The molecule has 9 heteroatoms. The summed E-state index contributed by atoms with van der Waals surface area (Å²) in [5, 5.41) is 27.2. The van der Waals surface area contributed by atoms with Crippen molar-refractivity contribution in [3.05, 3.63) is 154 Å². The van der Waals surface area contributed by atoms with Gasteiger partial charge in [-0.05, 0) is 95.6 Å². The maximum Gasteiger partial charge on any atom is 0.322 e. The first-order valence-electron chi connectivity index (χ1n) is 17.8. The Balaban J connectivity index is 1.13. The van der Waals surface area contributed by atoms with E-state index < -0.39 is 5.41 Å². The number of benzene rings is 2. The van der Waals surface area contributed by atoms with Gasteiger partial charge in [-0.15, -0.1) is 11.3 Å². The highest BCUT2D eigenvalue weighted by atomic mass is 32.1. The summed E-state index contributed by atoms with van der Waals surface area (Å²) in [6.45, 7) is 4.60. The van der Waals surface area contributed by atoms with Gasteiger partial charge in [0.15, 0.2) is 5.52 Å². The van der Waals surface area contributed by atoms with Crippen LogP contribution in [0, 0.1) is 11.3 Å². The molecule has 2 atom stereocenters. The molecule has 2 unspecified atom stereocenters. The van der Waals surface area contributed by atoms with Crippen LogP contribution < -0.4 is 5.41 Å². The topological polar surface area (TPSA) is 119 Å². The van der Waals surface area contributed by atoms with E-state index in [2.05, 4.69) is 77.6 Å². The molecule has 8 nitrogen and oxygen atoms in total. The highest BCUT2D eigenvalue weighted by Gasteiger charge is 2.40. The average Bonchev–Trinajstić information content (AvgIpc) is 3.88. The molecule has 0 fully saturated rings. The molecule has 6 heterocycles. The number of allylic oxidation sites excluding steroid dienone is 5. The van der Waals surface area contributed by atoms with Crippen LogP contribution in [0.4, 0.5) is 0 Å². The van der Waals surface area contributed by atoms with Gasteiger partial charge in [0.05, 0.1) is 33.7 Å². The quantitative estimate of drug-likeness (QED) is 0.137. The summed E-state index contributed by atoms with van der Waals surface area (Å²) >= 11 is 1.78. The van der Waals surface area contributed by atoms with E-state index in [4.69, 9.17) is 20.2 Å². The summed E-state index contributed by atoms with van der Waals surface area (Å²) < 4.78 is 9.65. The van der Waals surface area contributed by atoms with Gasteiger partial charge in [0, 0.05) is 45.2 Å². The smallest absolute Gasteiger partial charge is 0.322 e. The van der Waals surface area contributed by atoms with Gasteiger partial charge in [0.2, 0.25) is 5.76 Å². The molecule has 256 valence electrons. The van der Waals surface area contributed by atoms with Gasteiger partial charge in [0.25, 0.3) is 0 Å². The number of nitrogens with zero attached hydrogens (tertiary/aromatic N) is 5. The zero-order valence-electron chi connectivity index (χ0n) is 29.2. The number of nitrogens with two attached hydrogens (primary N) is 1. The molecule has 2 aliphatic carbocycles. The molecule has 0 amide bonds. The summed E-state index contributed by atoms with van der Waals surface area (Å²) in [6.07, 6.45) is 17.6. The van der Waals surface area contributed by atoms with Crippen LogP contribution in [-0.2, 0) is 5.41 Å². The van der Waals surface area contributed by atoms with Gasteiger partial charge in [-0.1, -0.05) is 50.3 Å². The van der Waals surface area contributed by atoms with Gasteiger partial charge >= 0.3 is 5.84 Å². The van der Waals surface area contributed by atoms with E-state index in [1.165, 1.54) is 33.4 Å². The molecule has 2 aromatic carbocycles. The molecule has 0 aliphatic heterocycles. The minimum atomic E-state index is -0.416. The second-order valence-corrected chi connectivity index (χ2v) is 15.3. The molecule has 6 aromatic heterocycles. The Morgan fingerprint density at radius 1 is 0.943 bits per heavy atom. The third kappa shape index (κ3) is 4.73. The first-order chi connectivity index (χ1) is 25.9. The third-order valence-electron chi connectivity index (χ3n) is 10.9. The maximum atomic E-state index is 8.65. The van der Waals surface area contributed by atoms with E-state index in [1.807, 2.05) is 65.6 Å². The second-order valence-electron chi connectivity index (χ2n) is 14.2. The zero-order chi connectivity index (χ0) is 35.8. The third-order valence-corrected chi connectivity index (χ3v) is 12.4. The van der Waals surface area contributed by atoms with Gasteiger partial charge in [-0.25, -0.2) is 0 Å².